The molecule has 0 spiro atoms. The van der Waals surface area contributed by atoms with E-state index in [2.05, 4.69) is 15.3 Å². The number of nitrogens with zero attached hydrogens (tertiary/aromatic N) is 4. The maximum atomic E-state index is 13.2. The SMILES string of the molecule is O=C(Nc1ccc(=O)n2c1[C@@H]1C[C@H](CN(S(=O)(=O)c3ccccc3)C1)C2)c1cncnc1. The van der Waals surface area contributed by atoms with Crippen LogP contribution in [-0.4, -0.2) is 46.3 Å². The summed E-state index contributed by atoms with van der Waals surface area (Å²) in [4.78, 5) is 33.3. The molecule has 0 unspecified atom stereocenters. The molecule has 2 bridgehead atoms. The zero-order chi connectivity index (χ0) is 22.3. The molecule has 0 radical (unpaired) electrons. The van der Waals surface area contributed by atoms with Crippen LogP contribution in [0, 0.1) is 5.92 Å². The van der Waals surface area contributed by atoms with Crippen molar-refractivity contribution >= 4 is 21.6 Å². The first-order valence-electron chi connectivity index (χ1n) is 10.3. The summed E-state index contributed by atoms with van der Waals surface area (Å²) < 4.78 is 29.6. The van der Waals surface area contributed by atoms with E-state index >= 15 is 0 Å². The van der Waals surface area contributed by atoms with Crippen LogP contribution in [-0.2, 0) is 16.6 Å². The van der Waals surface area contributed by atoms with Gasteiger partial charge >= 0.3 is 0 Å². The van der Waals surface area contributed by atoms with E-state index in [0.29, 0.717) is 30.0 Å². The van der Waals surface area contributed by atoms with Gasteiger partial charge in [-0.05, 0) is 30.5 Å². The van der Waals surface area contributed by atoms with Gasteiger partial charge in [-0.25, -0.2) is 18.4 Å². The zero-order valence-corrected chi connectivity index (χ0v) is 17.9. The van der Waals surface area contributed by atoms with Gasteiger partial charge in [0, 0.05) is 49.7 Å². The van der Waals surface area contributed by atoms with E-state index < -0.39 is 15.9 Å². The van der Waals surface area contributed by atoms with Gasteiger partial charge in [0.25, 0.3) is 11.5 Å². The second-order valence-electron chi connectivity index (χ2n) is 8.10. The van der Waals surface area contributed by atoms with Gasteiger partial charge in [-0.1, -0.05) is 18.2 Å². The predicted octanol–water partition coefficient (Wildman–Crippen LogP) is 1.70. The van der Waals surface area contributed by atoms with Crippen molar-refractivity contribution in [2.45, 2.75) is 23.8 Å². The highest BCUT2D eigenvalue weighted by atomic mass is 32.2. The highest BCUT2D eigenvalue weighted by Gasteiger charge is 2.40. The Morgan fingerprint density at radius 3 is 2.50 bits per heavy atom. The highest BCUT2D eigenvalue weighted by molar-refractivity contribution is 7.89. The molecule has 3 aromatic rings. The van der Waals surface area contributed by atoms with Crippen LogP contribution in [0.25, 0.3) is 0 Å². The molecular formula is C22H21N5O4S. The molecule has 1 saturated heterocycles. The van der Waals surface area contributed by atoms with E-state index in [9.17, 15) is 18.0 Å². The lowest BCUT2D eigenvalue weighted by Crippen LogP contribution is -2.49. The molecule has 164 valence electrons. The Morgan fingerprint density at radius 2 is 1.75 bits per heavy atom. The van der Waals surface area contributed by atoms with Gasteiger partial charge in [-0.3, -0.25) is 9.59 Å². The van der Waals surface area contributed by atoms with Crippen LogP contribution in [0.4, 0.5) is 5.69 Å². The second-order valence-corrected chi connectivity index (χ2v) is 10.0. The maximum Gasteiger partial charge on any atom is 0.258 e. The topological polar surface area (TPSA) is 114 Å². The van der Waals surface area contributed by atoms with E-state index in [1.807, 2.05) is 0 Å². The molecule has 5 rings (SSSR count). The lowest BCUT2D eigenvalue weighted by Gasteiger charge is -2.42. The number of sulfonamides is 1. The molecule has 1 amide bonds. The third-order valence-electron chi connectivity index (χ3n) is 6.01. The number of aromatic nitrogens is 3. The fourth-order valence-electron chi connectivity index (χ4n) is 4.63. The molecule has 2 aromatic heterocycles. The van der Waals surface area contributed by atoms with E-state index in [1.54, 1.807) is 41.0 Å². The largest absolute Gasteiger partial charge is 0.320 e. The van der Waals surface area contributed by atoms with Crippen LogP contribution in [0.15, 0.2) is 70.9 Å². The molecule has 2 aliphatic rings. The quantitative estimate of drug-likeness (QED) is 0.646. The molecule has 4 heterocycles. The van der Waals surface area contributed by atoms with Crippen molar-refractivity contribution in [3.8, 4) is 0 Å². The Hall–Kier alpha value is -3.37. The zero-order valence-electron chi connectivity index (χ0n) is 17.1. The fourth-order valence-corrected chi connectivity index (χ4v) is 6.21. The minimum Gasteiger partial charge on any atom is -0.320 e. The first-order chi connectivity index (χ1) is 15.4. The maximum absolute atomic E-state index is 13.2. The molecule has 9 nitrogen and oxygen atoms in total. The summed E-state index contributed by atoms with van der Waals surface area (Å²) in [6.07, 6.45) is 4.91. The minimum atomic E-state index is -3.65. The normalized spacial score (nSPS) is 20.4. The van der Waals surface area contributed by atoms with Gasteiger partial charge < -0.3 is 9.88 Å². The Bertz CT molecular complexity index is 1330. The Kier molecular flexibility index (Phi) is 5.10. The highest BCUT2D eigenvalue weighted by Crippen LogP contribution is 2.40. The van der Waals surface area contributed by atoms with Crippen molar-refractivity contribution in [2.24, 2.45) is 5.92 Å². The molecule has 1 fully saturated rings. The Balaban J connectivity index is 1.49. The predicted molar refractivity (Wildman–Crippen MR) is 117 cm³/mol. The van der Waals surface area contributed by atoms with Gasteiger partial charge in [0.15, 0.2) is 0 Å². The summed E-state index contributed by atoms with van der Waals surface area (Å²) in [6, 6.07) is 11.4. The molecular weight excluding hydrogens is 430 g/mol. The average Bonchev–Trinajstić information content (AvgIpc) is 2.82. The summed E-state index contributed by atoms with van der Waals surface area (Å²) in [7, 11) is -3.65. The number of hydrogen-bond acceptors (Lipinski definition) is 6. The van der Waals surface area contributed by atoms with Crippen molar-refractivity contribution in [1.29, 1.82) is 0 Å². The summed E-state index contributed by atoms with van der Waals surface area (Å²) in [5.74, 6) is -0.582. The first kappa shape index (κ1) is 20.5. The van der Waals surface area contributed by atoms with Crippen LogP contribution >= 0.6 is 0 Å². The van der Waals surface area contributed by atoms with Crippen LogP contribution in [0.5, 0.6) is 0 Å². The molecule has 0 aliphatic carbocycles. The number of hydrogen-bond donors (Lipinski definition) is 1. The second kappa shape index (κ2) is 7.95. The minimum absolute atomic E-state index is 0.0194. The van der Waals surface area contributed by atoms with Crippen LogP contribution < -0.4 is 10.9 Å². The average molecular weight is 452 g/mol. The number of fused-ring (bicyclic) bond motifs is 4. The lowest BCUT2D eigenvalue weighted by molar-refractivity contribution is 0.102. The smallest absolute Gasteiger partial charge is 0.258 e. The molecule has 1 aromatic carbocycles. The molecule has 2 aliphatic heterocycles. The van der Waals surface area contributed by atoms with Crippen molar-refractivity contribution in [2.75, 3.05) is 18.4 Å². The number of carbonyl (C=O) groups is 1. The first-order valence-corrected chi connectivity index (χ1v) is 11.7. The summed E-state index contributed by atoms with van der Waals surface area (Å²) in [5.41, 5.74) is 1.30. The van der Waals surface area contributed by atoms with Crippen LogP contribution in [0.2, 0.25) is 0 Å². The molecule has 0 saturated carbocycles. The van der Waals surface area contributed by atoms with Gasteiger partial charge in [-0.15, -0.1) is 0 Å². The Morgan fingerprint density at radius 1 is 1.00 bits per heavy atom. The van der Waals surface area contributed by atoms with Crippen LogP contribution in [0.1, 0.15) is 28.4 Å². The van der Waals surface area contributed by atoms with Crippen molar-refractivity contribution in [3.63, 3.8) is 0 Å². The van der Waals surface area contributed by atoms with Gasteiger partial charge in [-0.2, -0.15) is 4.31 Å². The third-order valence-corrected chi connectivity index (χ3v) is 7.85. The summed E-state index contributed by atoms with van der Waals surface area (Å²) in [6.45, 7) is 1.01. The molecule has 32 heavy (non-hydrogen) atoms. The molecule has 2 atom stereocenters. The lowest BCUT2D eigenvalue weighted by atomic mass is 9.83. The fraction of sp³-hybridized carbons (Fsp3) is 0.273. The molecule has 10 heteroatoms. The number of anilines is 1. The molecule has 1 N–H and O–H groups in total. The van der Waals surface area contributed by atoms with Crippen LogP contribution in [0.3, 0.4) is 0 Å². The van der Waals surface area contributed by atoms with E-state index in [0.717, 1.165) is 6.42 Å². The summed E-state index contributed by atoms with van der Waals surface area (Å²) in [5, 5.41) is 2.86. The van der Waals surface area contributed by atoms with Gasteiger partial charge in [0.05, 0.1) is 16.1 Å². The van der Waals surface area contributed by atoms with Crippen molar-refractivity contribution in [1.82, 2.24) is 18.8 Å². The van der Waals surface area contributed by atoms with Gasteiger partial charge in [0.2, 0.25) is 10.0 Å². The van der Waals surface area contributed by atoms with E-state index in [1.165, 1.54) is 29.1 Å². The third kappa shape index (κ3) is 3.61. The monoisotopic (exact) mass is 451 g/mol. The number of piperidine rings is 1. The van der Waals surface area contributed by atoms with E-state index in [4.69, 9.17) is 0 Å². The number of amides is 1. The number of benzene rings is 1. The Labute approximate surface area is 184 Å². The van der Waals surface area contributed by atoms with Crippen molar-refractivity contribution < 1.29 is 13.2 Å². The number of carbonyl (C=O) groups excluding carboxylic acids is 1. The summed E-state index contributed by atoms with van der Waals surface area (Å²) >= 11 is 0. The number of pyridine rings is 1. The number of nitrogens with one attached hydrogen (secondary N) is 1. The van der Waals surface area contributed by atoms with Gasteiger partial charge in [0.1, 0.15) is 6.33 Å². The van der Waals surface area contributed by atoms with E-state index in [-0.39, 0.29) is 28.8 Å². The standard InChI is InChI=1S/C22H21N5O4S/c28-20-7-6-19(25-22(29)17-9-23-14-24-10-17)21-16-8-15(12-27(20)21)11-26(13-16)32(30,31)18-4-2-1-3-5-18/h1-7,9-10,14-16H,8,11-13H2,(H,25,29)/t15-,16-/m1/s1. The number of rotatable bonds is 4. The van der Waals surface area contributed by atoms with Crippen molar-refractivity contribution in [3.05, 3.63) is 82.8 Å².